The smallest absolute Gasteiger partial charge is 0.236 e. The molecule has 0 aliphatic heterocycles. The van der Waals surface area contributed by atoms with E-state index in [1.54, 1.807) is 31.1 Å². The van der Waals surface area contributed by atoms with E-state index in [9.17, 15) is 4.79 Å². The summed E-state index contributed by atoms with van der Waals surface area (Å²) in [7, 11) is 0. The quantitative estimate of drug-likeness (QED) is 0.362. The summed E-state index contributed by atoms with van der Waals surface area (Å²) in [6.45, 7) is 6.18. The average molecular weight is 264 g/mol. The largest absolute Gasteiger partial charge is 0.409 e. The highest BCUT2D eigenvalue weighted by Crippen LogP contribution is 2.20. The Labute approximate surface area is 112 Å². The number of carbonyl (C=O) groups is 1. The number of carbonyl (C=O) groups excluding carboxylic acids is 1. The van der Waals surface area contributed by atoms with Crippen LogP contribution in [-0.2, 0) is 11.3 Å². The van der Waals surface area contributed by atoms with Crippen LogP contribution in [0.3, 0.4) is 0 Å². The minimum absolute atomic E-state index is 0.0920. The Hall–Kier alpha value is -2.11. The van der Waals surface area contributed by atoms with E-state index in [1.807, 2.05) is 19.1 Å². The molecule has 6 nitrogen and oxygen atoms in total. The first-order chi connectivity index (χ1) is 8.93. The summed E-state index contributed by atoms with van der Waals surface area (Å²) >= 11 is 0. The van der Waals surface area contributed by atoms with Crippen molar-refractivity contribution in [1.82, 2.24) is 9.88 Å². The van der Waals surface area contributed by atoms with Gasteiger partial charge < -0.3 is 15.8 Å². The first-order valence-corrected chi connectivity index (χ1v) is 6.09. The fourth-order valence-corrected chi connectivity index (χ4v) is 1.67. The zero-order chi connectivity index (χ0) is 14.5. The number of hydrogen-bond acceptors (Lipinski definition) is 4. The van der Waals surface area contributed by atoms with Crippen LogP contribution in [0.25, 0.3) is 0 Å². The van der Waals surface area contributed by atoms with E-state index < -0.39 is 5.41 Å². The highest BCUT2D eigenvalue weighted by molar-refractivity contribution is 6.05. The molecule has 1 aromatic rings. The Morgan fingerprint density at radius 2 is 2.05 bits per heavy atom. The lowest BCUT2D eigenvalue weighted by Crippen LogP contribution is -2.47. The molecule has 0 radical (unpaired) electrons. The van der Waals surface area contributed by atoms with E-state index in [-0.39, 0.29) is 11.7 Å². The van der Waals surface area contributed by atoms with Gasteiger partial charge in [-0.2, -0.15) is 0 Å². The summed E-state index contributed by atoms with van der Waals surface area (Å²) in [5.41, 5.74) is 5.54. The van der Waals surface area contributed by atoms with Gasteiger partial charge in [-0.1, -0.05) is 5.16 Å². The second-order valence-electron chi connectivity index (χ2n) is 4.79. The Morgan fingerprint density at radius 3 is 2.53 bits per heavy atom. The van der Waals surface area contributed by atoms with Crippen LogP contribution in [0.5, 0.6) is 0 Å². The standard InChI is InChI=1S/C13H20N4O2/c1-4-17(9-10-5-7-15-8-6-10)12(18)13(2,3)11(14)16-19/h5-8,19H,4,9H2,1-3H3,(H2,14,16). The summed E-state index contributed by atoms with van der Waals surface area (Å²) in [5.74, 6) is -0.271. The first-order valence-electron chi connectivity index (χ1n) is 6.09. The van der Waals surface area contributed by atoms with Crippen LogP contribution in [0.1, 0.15) is 26.3 Å². The summed E-state index contributed by atoms with van der Waals surface area (Å²) in [6.07, 6.45) is 3.37. The van der Waals surface area contributed by atoms with E-state index in [0.29, 0.717) is 13.1 Å². The van der Waals surface area contributed by atoms with Gasteiger partial charge in [-0.15, -0.1) is 0 Å². The van der Waals surface area contributed by atoms with Crippen LogP contribution in [0, 0.1) is 5.41 Å². The SMILES string of the molecule is CCN(Cc1ccncc1)C(=O)C(C)(C)C(N)=NO. The van der Waals surface area contributed by atoms with Crippen LogP contribution in [-0.4, -0.2) is 33.4 Å². The summed E-state index contributed by atoms with van der Waals surface area (Å²) in [5, 5.41) is 11.7. The van der Waals surface area contributed by atoms with Gasteiger partial charge in [0, 0.05) is 25.5 Å². The van der Waals surface area contributed by atoms with Gasteiger partial charge in [0.1, 0.15) is 5.41 Å². The fraction of sp³-hybridized carbons (Fsp3) is 0.462. The van der Waals surface area contributed by atoms with E-state index in [4.69, 9.17) is 10.9 Å². The average Bonchev–Trinajstić information content (AvgIpc) is 2.44. The molecule has 1 heterocycles. The third-order valence-electron chi connectivity index (χ3n) is 3.07. The van der Waals surface area contributed by atoms with Crippen molar-refractivity contribution in [2.45, 2.75) is 27.3 Å². The molecule has 104 valence electrons. The number of pyridine rings is 1. The molecule has 0 fully saturated rings. The highest BCUT2D eigenvalue weighted by Gasteiger charge is 2.35. The number of amidine groups is 1. The maximum Gasteiger partial charge on any atom is 0.236 e. The normalized spacial score (nSPS) is 12.3. The highest BCUT2D eigenvalue weighted by atomic mass is 16.4. The third kappa shape index (κ3) is 3.43. The van der Waals surface area contributed by atoms with E-state index in [1.165, 1.54) is 0 Å². The number of hydrogen-bond donors (Lipinski definition) is 2. The molecule has 1 amide bonds. The van der Waals surface area contributed by atoms with Crippen LogP contribution >= 0.6 is 0 Å². The molecule has 3 N–H and O–H groups in total. The minimum Gasteiger partial charge on any atom is -0.409 e. The molecular weight excluding hydrogens is 244 g/mol. The van der Waals surface area contributed by atoms with Gasteiger partial charge in [0.15, 0.2) is 5.84 Å². The Balaban J connectivity index is 2.89. The lowest BCUT2D eigenvalue weighted by Gasteiger charge is -2.30. The summed E-state index contributed by atoms with van der Waals surface area (Å²) < 4.78 is 0. The van der Waals surface area contributed by atoms with Gasteiger partial charge in [-0.3, -0.25) is 9.78 Å². The zero-order valence-electron chi connectivity index (χ0n) is 11.5. The molecule has 19 heavy (non-hydrogen) atoms. The van der Waals surface area contributed by atoms with Gasteiger partial charge in [0.2, 0.25) is 5.91 Å². The van der Waals surface area contributed by atoms with Crippen molar-refractivity contribution in [2.24, 2.45) is 16.3 Å². The lowest BCUT2D eigenvalue weighted by molar-refractivity contribution is -0.137. The molecule has 6 heteroatoms. The van der Waals surface area contributed by atoms with Gasteiger partial charge in [-0.25, -0.2) is 0 Å². The van der Waals surface area contributed by atoms with Crippen LogP contribution in [0.4, 0.5) is 0 Å². The van der Waals surface area contributed by atoms with Gasteiger partial charge >= 0.3 is 0 Å². The molecule has 0 atom stereocenters. The Kier molecular flexibility index (Phi) is 4.86. The van der Waals surface area contributed by atoms with E-state index in [0.717, 1.165) is 5.56 Å². The molecule has 0 aliphatic carbocycles. The van der Waals surface area contributed by atoms with Crippen molar-refractivity contribution in [3.8, 4) is 0 Å². The van der Waals surface area contributed by atoms with E-state index >= 15 is 0 Å². The maximum absolute atomic E-state index is 12.4. The van der Waals surface area contributed by atoms with Crippen molar-refractivity contribution in [2.75, 3.05) is 6.54 Å². The van der Waals surface area contributed by atoms with Crippen molar-refractivity contribution in [1.29, 1.82) is 0 Å². The molecule has 0 saturated carbocycles. The monoisotopic (exact) mass is 264 g/mol. The lowest BCUT2D eigenvalue weighted by atomic mass is 9.90. The summed E-state index contributed by atoms with van der Waals surface area (Å²) in [6, 6.07) is 3.71. The predicted molar refractivity (Wildman–Crippen MR) is 72.5 cm³/mol. The number of nitrogens with zero attached hydrogens (tertiary/aromatic N) is 3. The van der Waals surface area contributed by atoms with Crippen LogP contribution in [0.2, 0.25) is 0 Å². The number of rotatable bonds is 5. The number of nitrogens with two attached hydrogens (primary N) is 1. The maximum atomic E-state index is 12.4. The van der Waals surface area contributed by atoms with Crippen LogP contribution < -0.4 is 5.73 Å². The molecule has 0 aromatic carbocycles. The van der Waals surface area contributed by atoms with Crippen molar-refractivity contribution in [3.63, 3.8) is 0 Å². The van der Waals surface area contributed by atoms with Crippen molar-refractivity contribution < 1.29 is 10.0 Å². The van der Waals surface area contributed by atoms with Crippen molar-refractivity contribution >= 4 is 11.7 Å². The second kappa shape index (κ2) is 6.17. The molecular formula is C13H20N4O2. The molecule has 0 unspecified atom stereocenters. The molecule has 1 rings (SSSR count). The topological polar surface area (TPSA) is 91.8 Å². The first kappa shape index (κ1) is 14.9. The van der Waals surface area contributed by atoms with Gasteiger partial charge in [-0.05, 0) is 38.5 Å². The van der Waals surface area contributed by atoms with E-state index in [2.05, 4.69) is 10.1 Å². The number of amides is 1. The molecule has 0 bridgehead atoms. The fourth-order valence-electron chi connectivity index (χ4n) is 1.67. The molecule has 0 saturated heterocycles. The zero-order valence-corrected chi connectivity index (χ0v) is 11.5. The summed E-state index contributed by atoms with van der Waals surface area (Å²) in [4.78, 5) is 18.0. The molecule has 1 aromatic heterocycles. The number of aromatic nitrogens is 1. The number of oxime groups is 1. The second-order valence-corrected chi connectivity index (χ2v) is 4.79. The van der Waals surface area contributed by atoms with Gasteiger partial charge in [0.25, 0.3) is 0 Å². The molecule has 0 aliphatic rings. The molecule has 0 spiro atoms. The Bertz CT molecular complexity index is 457. The minimum atomic E-state index is -1.03. The third-order valence-corrected chi connectivity index (χ3v) is 3.07. The van der Waals surface area contributed by atoms with Crippen LogP contribution in [0.15, 0.2) is 29.7 Å². The van der Waals surface area contributed by atoms with Gasteiger partial charge in [0.05, 0.1) is 0 Å². The van der Waals surface area contributed by atoms with Crippen molar-refractivity contribution in [3.05, 3.63) is 30.1 Å². The Morgan fingerprint density at radius 1 is 1.47 bits per heavy atom. The predicted octanol–water partition coefficient (Wildman–Crippen LogP) is 1.20.